The van der Waals surface area contributed by atoms with Crippen molar-refractivity contribution < 1.29 is 19.0 Å². The first-order valence-electron chi connectivity index (χ1n) is 5.30. The van der Waals surface area contributed by atoms with E-state index < -0.39 is 17.8 Å². The van der Waals surface area contributed by atoms with Crippen LogP contribution in [0.4, 0.5) is 4.39 Å². The lowest BCUT2D eigenvalue weighted by Crippen LogP contribution is -2.20. The quantitative estimate of drug-likeness (QED) is 0.896. The number of carbonyl (C=O) groups is 1. The molecule has 0 spiro atoms. The molecular formula is C12H11FN2O3S. The first-order chi connectivity index (χ1) is 9.02. The van der Waals surface area contributed by atoms with E-state index in [9.17, 15) is 9.18 Å². The van der Waals surface area contributed by atoms with E-state index in [1.807, 2.05) is 0 Å². The summed E-state index contributed by atoms with van der Waals surface area (Å²) in [6.45, 7) is 0. The predicted octanol–water partition coefficient (Wildman–Crippen LogP) is 2.04. The molecule has 1 atom stereocenters. The van der Waals surface area contributed by atoms with Crippen molar-refractivity contribution >= 4 is 17.3 Å². The molecule has 0 aliphatic carbocycles. The van der Waals surface area contributed by atoms with Crippen molar-refractivity contribution in [2.45, 2.75) is 6.04 Å². The van der Waals surface area contributed by atoms with Gasteiger partial charge in [-0.15, -0.1) is 11.3 Å². The van der Waals surface area contributed by atoms with Crippen molar-refractivity contribution in [3.05, 3.63) is 35.1 Å². The normalized spacial score (nSPS) is 12.2. The monoisotopic (exact) mass is 282 g/mol. The largest absolute Gasteiger partial charge is 0.497 e. The van der Waals surface area contributed by atoms with Crippen molar-refractivity contribution in [1.82, 2.24) is 4.98 Å². The molecule has 0 saturated carbocycles. The number of halogens is 1. The Bertz CT molecular complexity index is 615. The van der Waals surface area contributed by atoms with Crippen LogP contribution in [0.2, 0.25) is 0 Å². The van der Waals surface area contributed by atoms with Crippen LogP contribution in [-0.2, 0) is 4.79 Å². The zero-order valence-corrected chi connectivity index (χ0v) is 10.8. The minimum absolute atomic E-state index is 0.211. The van der Waals surface area contributed by atoms with Crippen LogP contribution in [0, 0.1) is 5.82 Å². The maximum atomic E-state index is 13.8. The molecular weight excluding hydrogens is 271 g/mol. The fourth-order valence-corrected chi connectivity index (χ4v) is 2.36. The molecule has 5 nitrogen and oxygen atoms in total. The van der Waals surface area contributed by atoms with Crippen molar-refractivity contribution in [3.63, 3.8) is 0 Å². The number of hydrogen-bond acceptors (Lipinski definition) is 5. The SMILES string of the molecule is COc1ccc(-c2nc(C(N)C(=O)O)cs2)c(F)c1. The standard InChI is InChI=1S/C12H11FN2O3S/c1-18-6-2-3-7(8(13)4-6)11-15-9(5-19-11)10(14)12(16)17/h2-5,10H,14H2,1H3,(H,16,17). The van der Waals surface area contributed by atoms with E-state index in [2.05, 4.69) is 4.98 Å². The summed E-state index contributed by atoms with van der Waals surface area (Å²) in [6.07, 6.45) is 0. The number of hydrogen-bond donors (Lipinski definition) is 2. The third-order valence-corrected chi connectivity index (χ3v) is 3.41. The molecule has 1 heterocycles. The first kappa shape index (κ1) is 13.4. The lowest BCUT2D eigenvalue weighted by atomic mass is 10.2. The van der Waals surface area contributed by atoms with Crippen LogP contribution >= 0.6 is 11.3 Å². The number of aliphatic carboxylic acids is 1. The molecule has 1 aromatic heterocycles. The van der Waals surface area contributed by atoms with Gasteiger partial charge in [0.05, 0.1) is 12.8 Å². The maximum Gasteiger partial charge on any atom is 0.326 e. The molecule has 1 unspecified atom stereocenters. The Morgan fingerprint density at radius 1 is 1.58 bits per heavy atom. The van der Waals surface area contributed by atoms with Gasteiger partial charge in [0.15, 0.2) is 0 Å². The summed E-state index contributed by atoms with van der Waals surface area (Å²) in [4.78, 5) is 14.8. The molecule has 100 valence electrons. The van der Waals surface area contributed by atoms with Gasteiger partial charge in [0, 0.05) is 17.0 Å². The smallest absolute Gasteiger partial charge is 0.326 e. The number of benzene rings is 1. The van der Waals surface area contributed by atoms with Crippen LogP contribution < -0.4 is 10.5 Å². The Balaban J connectivity index is 2.35. The number of nitrogens with two attached hydrogens (primary N) is 1. The van der Waals surface area contributed by atoms with Gasteiger partial charge in [-0.05, 0) is 12.1 Å². The molecule has 0 bridgehead atoms. The minimum atomic E-state index is -1.20. The average molecular weight is 282 g/mol. The van der Waals surface area contributed by atoms with Crippen LogP contribution in [0.5, 0.6) is 5.75 Å². The zero-order chi connectivity index (χ0) is 14.0. The Hall–Kier alpha value is -1.99. The molecule has 1 aromatic carbocycles. The van der Waals surface area contributed by atoms with E-state index in [1.54, 1.807) is 6.07 Å². The second-order valence-corrected chi connectivity index (χ2v) is 4.60. The van der Waals surface area contributed by atoms with E-state index in [-0.39, 0.29) is 11.3 Å². The van der Waals surface area contributed by atoms with E-state index >= 15 is 0 Å². The Morgan fingerprint density at radius 3 is 2.89 bits per heavy atom. The van der Waals surface area contributed by atoms with Gasteiger partial charge < -0.3 is 15.6 Å². The molecule has 2 aromatic rings. The van der Waals surface area contributed by atoms with Crippen LogP contribution in [0.3, 0.4) is 0 Å². The number of carboxylic acid groups (broad SMARTS) is 1. The molecule has 0 aliphatic rings. The fraction of sp³-hybridized carbons (Fsp3) is 0.167. The molecule has 0 amide bonds. The summed E-state index contributed by atoms with van der Waals surface area (Å²) in [5.74, 6) is -1.25. The molecule has 7 heteroatoms. The number of rotatable bonds is 4. The molecule has 0 aliphatic heterocycles. The van der Waals surface area contributed by atoms with Gasteiger partial charge in [0.1, 0.15) is 22.6 Å². The summed E-state index contributed by atoms with van der Waals surface area (Å²) < 4.78 is 18.7. The molecule has 0 radical (unpaired) electrons. The van der Waals surface area contributed by atoms with Crippen LogP contribution in [0.1, 0.15) is 11.7 Å². The van der Waals surface area contributed by atoms with Crippen molar-refractivity contribution in [2.24, 2.45) is 5.73 Å². The van der Waals surface area contributed by atoms with Gasteiger partial charge in [-0.25, -0.2) is 9.37 Å². The molecule has 19 heavy (non-hydrogen) atoms. The summed E-state index contributed by atoms with van der Waals surface area (Å²) in [6, 6.07) is 3.18. The molecule has 0 fully saturated rings. The number of ether oxygens (including phenoxy) is 1. The summed E-state index contributed by atoms with van der Waals surface area (Å²) in [7, 11) is 1.45. The van der Waals surface area contributed by atoms with Crippen LogP contribution in [0.25, 0.3) is 10.6 Å². The van der Waals surface area contributed by atoms with E-state index in [4.69, 9.17) is 15.6 Å². The van der Waals surface area contributed by atoms with Gasteiger partial charge in [-0.1, -0.05) is 0 Å². The summed E-state index contributed by atoms with van der Waals surface area (Å²) in [5, 5.41) is 10.7. The van der Waals surface area contributed by atoms with Crippen molar-refractivity contribution in [1.29, 1.82) is 0 Å². The van der Waals surface area contributed by atoms with Gasteiger partial charge in [0.2, 0.25) is 0 Å². The summed E-state index contributed by atoms with van der Waals surface area (Å²) in [5.41, 5.74) is 5.94. The highest BCUT2D eigenvalue weighted by molar-refractivity contribution is 7.13. The minimum Gasteiger partial charge on any atom is -0.497 e. The lowest BCUT2D eigenvalue weighted by Gasteiger charge is -2.03. The van der Waals surface area contributed by atoms with Gasteiger partial charge in [-0.2, -0.15) is 0 Å². The number of nitrogens with zero attached hydrogens (tertiary/aromatic N) is 1. The van der Waals surface area contributed by atoms with Gasteiger partial charge in [0.25, 0.3) is 0 Å². The highest BCUT2D eigenvalue weighted by Crippen LogP contribution is 2.29. The van der Waals surface area contributed by atoms with Gasteiger partial charge in [-0.3, -0.25) is 4.79 Å². The van der Waals surface area contributed by atoms with Crippen LogP contribution in [0.15, 0.2) is 23.6 Å². The van der Waals surface area contributed by atoms with Crippen molar-refractivity contribution in [3.8, 4) is 16.3 Å². The fourth-order valence-electron chi connectivity index (χ4n) is 1.48. The van der Waals surface area contributed by atoms with Crippen molar-refractivity contribution in [2.75, 3.05) is 7.11 Å². The Kier molecular flexibility index (Phi) is 3.77. The third-order valence-electron chi connectivity index (χ3n) is 2.51. The molecule has 0 saturated heterocycles. The third kappa shape index (κ3) is 2.72. The maximum absolute atomic E-state index is 13.8. The number of carboxylic acids is 1. The summed E-state index contributed by atoms with van der Waals surface area (Å²) >= 11 is 1.14. The van der Waals surface area contributed by atoms with E-state index in [0.717, 1.165) is 11.3 Å². The average Bonchev–Trinajstić information content (AvgIpc) is 2.86. The Labute approximate surface area is 112 Å². The lowest BCUT2D eigenvalue weighted by molar-refractivity contribution is -0.138. The number of aromatic nitrogens is 1. The number of thiazole rings is 1. The predicted molar refractivity (Wildman–Crippen MR) is 68.6 cm³/mol. The van der Waals surface area contributed by atoms with E-state index in [1.165, 1.54) is 24.6 Å². The zero-order valence-electron chi connectivity index (χ0n) is 9.96. The second kappa shape index (κ2) is 5.33. The topological polar surface area (TPSA) is 85.4 Å². The van der Waals surface area contributed by atoms with E-state index in [0.29, 0.717) is 10.8 Å². The molecule has 2 rings (SSSR count). The number of methoxy groups -OCH3 is 1. The van der Waals surface area contributed by atoms with Gasteiger partial charge >= 0.3 is 5.97 Å². The second-order valence-electron chi connectivity index (χ2n) is 3.74. The highest BCUT2D eigenvalue weighted by Gasteiger charge is 2.19. The molecule has 3 N–H and O–H groups in total. The Morgan fingerprint density at radius 2 is 2.32 bits per heavy atom. The first-order valence-corrected chi connectivity index (χ1v) is 6.18. The highest BCUT2D eigenvalue weighted by atomic mass is 32.1. The van der Waals surface area contributed by atoms with Crippen LogP contribution in [-0.4, -0.2) is 23.2 Å².